The number of urea groups is 1. The molecule has 3 heterocycles. The normalized spacial score (nSPS) is 18.1. The van der Waals surface area contributed by atoms with Gasteiger partial charge in [-0.2, -0.15) is 4.39 Å². The van der Waals surface area contributed by atoms with E-state index < -0.39 is 5.95 Å². The van der Waals surface area contributed by atoms with Crippen LogP contribution in [0.3, 0.4) is 0 Å². The summed E-state index contributed by atoms with van der Waals surface area (Å²) in [7, 11) is 0. The standard InChI is InChI=1S/C24H25FN6O2/c1-15-14-33-11-10-31(15)22-12-20(17-4-9-21(25)26-13-17)29-23(30-22)16-2-5-18(6-3-16)27-24(32)28-19-7-8-19/h2-6,9,12-13,15,19H,7-8,10-11,14H2,1H3,(H2,27,28,32). The summed E-state index contributed by atoms with van der Waals surface area (Å²) in [6, 6.07) is 12.5. The molecule has 0 spiro atoms. The van der Waals surface area contributed by atoms with Gasteiger partial charge in [-0.3, -0.25) is 0 Å². The van der Waals surface area contributed by atoms with Gasteiger partial charge >= 0.3 is 6.03 Å². The van der Waals surface area contributed by atoms with Crippen LogP contribution in [-0.4, -0.2) is 52.8 Å². The van der Waals surface area contributed by atoms with Crippen LogP contribution in [0.15, 0.2) is 48.7 Å². The van der Waals surface area contributed by atoms with Gasteiger partial charge in [0.05, 0.1) is 24.9 Å². The van der Waals surface area contributed by atoms with Gasteiger partial charge in [-0.1, -0.05) is 0 Å². The zero-order chi connectivity index (χ0) is 22.8. The average Bonchev–Trinajstić information content (AvgIpc) is 3.64. The van der Waals surface area contributed by atoms with Gasteiger partial charge in [0, 0.05) is 41.7 Å². The van der Waals surface area contributed by atoms with Crippen molar-refractivity contribution < 1.29 is 13.9 Å². The van der Waals surface area contributed by atoms with E-state index in [9.17, 15) is 9.18 Å². The number of rotatable bonds is 5. The summed E-state index contributed by atoms with van der Waals surface area (Å²) < 4.78 is 18.9. The Morgan fingerprint density at radius 1 is 1.12 bits per heavy atom. The highest BCUT2D eigenvalue weighted by molar-refractivity contribution is 5.89. The first-order valence-electron chi connectivity index (χ1n) is 11.1. The molecule has 2 fully saturated rings. The van der Waals surface area contributed by atoms with Crippen molar-refractivity contribution in [3.63, 3.8) is 0 Å². The fourth-order valence-electron chi connectivity index (χ4n) is 3.74. The molecule has 1 saturated carbocycles. The number of aromatic nitrogens is 3. The summed E-state index contributed by atoms with van der Waals surface area (Å²) in [5, 5.41) is 5.75. The number of carbonyl (C=O) groups excluding carboxylic acids is 1. The molecule has 0 bridgehead atoms. The highest BCUT2D eigenvalue weighted by atomic mass is 19.1. The third-order valence-electron chi connectivity index (χ3n) is 5.71. The molecule has 2 amide bonds. The van der Waals surface area contributed by atoms with Crippen LogP contribution in [0.5, 0.6) is 0 Å². The third kappa shape index (κ3) is 5.09. The van der Waals surface area contributed by atoms with Crippen LogP contribution in [-0.2, 0) is 4.74 Å². The number of nitrogens with one attached hydrogen (secondary N) is 2. The van der Waals surface area contributed by atoms with Gasteiger partial charge in [-0.05, 0) is 56.2 Å². The number of morpholine rings is 1. The van der Waals surface area contributed by atoms with Crippen molar-refractivity contribution in [2.24, 2.45) is 0 Å². The Labute approximate surface area is 191 Å². The van der Waals surface area contributed by atoms with Crippen molar-refractivity contribution in [2.45, 2.75) is 31.8 Å². The predicted molar refractivity (Wildman–Crippen MR) is 123 cm³/mol. The van der Waals surface area contributed by atoms with E-state index in [4.69, 9.17) is 14.7 Å². The Balaban J connectivity index is 1.46. The summed E-state index contributed by atoms with van der Waals surface area (Å²) in [5.41, 5.74) is 2.87. The molecule has 9 heteroatoms. The van der Waals surface area contributed by atoms with Crippen LogP contribution < -0.4 is 15.5 Å². The summed E-state index contributed by atoms with van der Waals surface area (Å²) in [6.45, 7) is 4.06. The van der Waals surface area contributed by atoms with Gasteiger partial charge in [-0.25, -0.2) is 19.7 Å². The van der Waals surface area contributed by atoms with Crippen molar-refractivity contribution in [1.82, 2.24) is 20.3 Å². The molecule has 1 aromatic carbocycles. The van der Waals surface area contributed by atoms with Crippen molar-refractivity contribution >= 4 is 17.5 Å². The maximum absolute atomic E-state index is 13.4. The molecule has 5 rings (SSSR count). The number of benzene rings is 1. The summed E-state index contributed by atoms with van der Waals surface area (Å²) >= 11 is 0. The molecule has 33 heavy (non-hydrogen) atoms. The summed E-state index contributed by atoms with van der Waals surface area (Å²) in [4.78, 5) is 27.5. The Morgan fingerprint density at radius 2 is 1.91 bits per heavy atom. The number of halogens is 1. The molecule has 1 atom stereocenters. The number of pyridine rings is 1. The molecular weight excluding hydrogens is 423 g/mol. The Hall–Kier alpha value is -3.59. The van der Waals surface area contributed by atoms with Crippen molar-refractivity contribution in [1.29, 1.82) is 0 Å². The molecule has 2 aromatic heterocycles. The number of hydrogen-bond donors (Lipinski definition) is 2. The summed E-state index contributed by atoms with van der Waals surface area (Å²) in [6.07, 6.45) is 3.54. The first-order chi connectivity index (χ1) is 16.0. The fourth-order valence-corrected chi connectivity index (χ4v) is 3.74. The maximum atomic E-state index is 13.4. The second-order valence-electron chi connectivity index (χ2n) is 8.37. The van der Waals surface area contributed by atoms with Gasteiger partial charge < -0.3 is 20.3 Å². The minimum absolute atomic E-state index is 0.164. The molecule has 0 radical (unpaired) electrons. The minimum atomic E-state index is -0.538. The molecule has 2 N–H and O–H groups in total. The van der Waals surface area contributed by atoms with E-state index >= 15 is 0 Å². The monoisotopic (exact) mass is 448 g/mol. The van der Waals surface area contributed by atoms with E-state index in [0.717, 1.165) is 30.8 Å². The molecule has 1 saturated heterocycles. The molecular formula is C24H25FN6O2. The number of amides is 2. The van der Waals surface area contributed by atoms with Crippen LogP contribution >= 0.6 is 0 Å². The highest BCUT2D eigenvalue weighted by Crippen LogP contribution is 2.28. The fraction of sp³-hybridized carbons (Fsp3) is 0.333. The SMILES string of the molecule is CC1COCCN1c1cc(-c2ccc(F)nc2)nc(-c2ccc(NC(=O)NC3CC3)cc2)n1. The number of ether oxygens (including phenoxy) is 1. The largest absolute Gasteiger partial charge is 0.377 e. The van der Waals surface area contributed by atoms with Crippen LogP contribution in [0.25, 0.3) is 22.6 Å². The second-order valence-corrected chi connectivity index (χ2v) is 8.37. The lowest BCUT2D eigenvalue weighted by atomic mass is 10.1. The lowest BCUT2D eigenvalue weighted by Gasteiger charge is -2.34. The number of carbonyl (C=O) groups is 1. The summed E-state index contributed by atoms with van der Waals surface area (Å²) in [5.74, 6) is 0.782. The Bertz CT molecular complexity index is 1130. The van der Waals surface area contributed by atoms with Crippen molar-refractivity contribution in [3.8, 4) is 22.6 Å². The zero-order valence-electron chi connectivity index (χ0n) is 18.3. The lowest BCUT2D eigenvalue weighted by molar-refractivity contribution is 0.0985. The predicted octanol–water partition coefficient (Wildman–Crippen LogP) is 3.85. The minimum Gasteiger partial charge on any atom is -0.377 e. The van der Waals surface area contributed by atoms with E-state index in [1.807, 2.05) is 30.3 Å². The molecule has 170 valence electrons. The maximum Gasteiger partial charge on any atom is 0.319 e. The van der Waals surface area contributed by atoms with Crippen LogP contribution in [0.4, 0.5) is 20.7 Å². The molecule has 1 unspecified atom stereocenters. The smallest absolute Gasteiger partial charge is 0.319 e. The van der Waals surface area contributed by atoms with Crippen LogP contribution in [0, 0.1) is 5.95 Å². The number of hydrogen-bond acceptors (Lipinski definition) is 6. The molecule has 1 aliphatic carbocycles. The number of anilines is 2. The zero-order valence-corrected chi connectivity index (χ0v) is 18.3. The van der Waals surface area contributed by atoms with Gasteiger partial charge in [0.1, 0.15) is 5.82 Å². The van der Waals surface area contributed by atoms with Crippen molar-refractivity contribution in [3.05, 3.63) is 54.6 Å². The van der Waals surface area contributed by atoms with Gasteiger partial charge in [0.15, 0.2) is 5.82 Å². The third-order valence-corrected chi connectivity index (χ3v) is 5.71. The Morgan fingerprint density at radius 3 is 2.61 bits per heavy atom. The number of nitrogens with zero attached hydrogens (tertiary/aromatic N) is 4. The molecule has 1 aliphatic heterocycles. The second kappa shape index (κ2) is 9.11. The van der Waals surface area contributed by atoms with E-state index in [-0.39, 0.29) is 12.1 Å². The first kappa shape index (κ1) is 21.3. The molecule has 3 aromatic rings. The van der Waals surface area contributed by atoms with E-state index in [1.165, 1.54) is 12.3 Å². The Kier molecular flexibility index (Phi) is 5.87. The van der Waals surface area contributed by atoms with E-state index in [0.29, 0.717) is 42.0 Å². The highest BCUT2D eigenvalue weighted by Gasteiger charge is 2.24. The lowest BCUT2D eigenvalue weighted by Crippen LogP contribution is -2.44. The molecule has 8 nitrogen and oxygen atoms in total. The van der Waals surface area contributed by atoms with E-state index in [2.05, 4.69) is 27.4 Å². The average molecular weight is 449 g/mol. The van der Waals surface area contributed by atoms with Gasteiger partial charge in [-0.15, -0.1) is 0 Å². The molecule has 2 aliphatic rings. The topological polar surface area (TPSA) is 92.3 Å². The van der Waals surface area contributed by atoms with E-state index in [1.54, 1.807) is 6.07 Å². The van der Waals surface area contributed by atoms with Crippen LogP contribution in [0.2, 0.25) is 0 Å². The quantitative estimate of drug-likeness (QED) is 0.576. The van der Waals surface area contributed by atoms with Gasteiger partial charge in [0.2, 0.25) is 5.95 Å². The van der Waals surface area contributed by atoms with Crippen LogP contribution in [0.1, 0.15) is 19.8 Å². The van der Waals surface area contributed by atoms with Gasteiger partial charge in [0.25, 0.3) is 0 Å². The van der Waals surface area contributed by atoms with Crippen molar-refractivity contribution in [2.75, 3.05) is 30.0 Å². The first-order valence-corrected chi connectivity index (χ1v) is 11.1.